The number of ether oxygens (including phenoxy) is 1. The standard InChI is InChI=1S/C12H17NO2/c1-9(2)15-12-6-4-11(5-7-12)10(3)13-8-14/h4-10H,1-3H3,(H,13,14). The molecule has 1 rings (SSSR count). The van der Waals surface area contributed by atoms with E-state index in [-0.39, 0.29) is 12.1 Å². The van der Waals surface area contributed by atoms with Crippen LogP contribution < -0.4 is 10.1 Å². The maximum Gasteiger partial charge on any atom is 0.207 e. The van der Waals surface area contributed by atoms with Crippen molar-refractivity contribution in [1.82, 2.24) is 5.32 Å². The first-order chi connectivity index (χ1) is 7.13. The van der Waals surface area contributed by atoms with Gasteiger partial charge in [-0.3, -0.25) is 4.79 Å². The molecule has 82 valence electrons. The highest BCUT2D eigenvalue weighted by Crippen LogP contribution is 2.17. The number of hydrogen-bond donors (Lipinski definition) is 1. The summed E-state index contributed by atoms with van der Waals surface area (Å²) in [6, 6.07) is 7.78. The summed E-state index contributed by atoms with van der Waals surface area (Å²) in [6.07, 6.45) is 0.893. The van der Waals surface area contributed by atoms with E-state index in [4.69, 9.17) is 4.74 Å². The second-order valence-corrected chi connectivity index (χ2v) is 3.74. The molecule has 1 amide bonds. The lowest BCUT2D eigenvalue weighted by molar-refractivity contribution is -0.110. The van der Waals surface area contributed by atoms with Gasteiger partial charge in [0.15, 0.2) is 0 Å². The molecular formula is C12H17NO2. The molecule has 0 heterocycles. The van der Waals surface area contributed by atoms with Crippen molar-refractivity contribution >= 4 is 6.41 Å². The molecule has 0 aliphatic heterocycles. The first-order valence-corrected chi connectivity index (χ1v) is 5.09. The van der Waals surface area contributed by atoms with E-state index >= 15 is 0 Å². The van der Waals surface area contributed by atoms with Crippen LogP contribution in [0.15, 0.2) is 24.3 Å². The molecule has 1 aromatic carbocycles. The lowest BCUT2D eigenvalue weighted by Crippen LogP contribution is -2.15. The Labute approximate surface area is 90.4 Å². The number of carbonyl (C=O) groups excluding carboxylic acids is 1. The lowest BCUT2D eigenvalue weighted by atomic mass is 10.1. The van der Waals surface area contributed by atoms with Crippen LogP contribution in [-0.4, -0.2) is 12.5 Å². The third-order valence-corrected chi connectivity index (χ3v) is 2.07. The van der Waals surface area contributed by atoms with Crippen molar-refractivity contribution < 1.29 is 9.53 Å². The van der Waals surface area contributed by atoms with E-state index in [9.17, 15) is 4.79 Å². The Morgan fingerprint density at radius 1 is 1.20 bits per heavy atom. The Hall–Kier alpha value is -1.51. The van der Waals surface area contributed by atoms with Gasteiger partial charge in [0.05, 0.1) is 12.1 Å². The molecule has 1 atom stereocenters. The monoisotopic (exact) mass is 207 g/mol. The first kappa shape index (κ1) is 11.6. The van der Waals surface area contributed by atoms with Crippen LogP contribution in [0.3, 0.4) is 0 Å². The molecule has 0 aliphatic rings. The van der Waals surface area contributed by atoms with E-state index in [1.54, 1.807) is 0 Å². The van der Waals surface area contributed by atoms with Gasteiger partial charge in [0, 0.05) is 0 Å². The average Bonchev–Trinajstić information content (AvgIpc) is 2.18. The van der Waals surface area contributed by atoms with Gasteiger partial charge in [-0.05, 0) is 38.5 Å². The summed E-state index contributed by atoms with van der Waals surface area (Å²) in [5.74, 6) is 0.854. The molecule has 3 nitrogen and oxygen atoms in total. The quantitative estimate of drug-likeness (QED) is 0.752. The minimum Gasteiger partial charge on any atom is -0.491 e. The Kier molecular flexibility index (Phi) is 4.16. The van der Waals surface area contributed by atoms with Gasteiger partial charge in [0.1, 0.15) is 5.75 Å². The Bertz CT molecular complexity index is 306. The normalized spacial score (nSPS) is 12.3. The van der Waals surface area contributed by atoms with E-state index in [0.717, 1.165) is 11.3 Å². The predicted octanol–water partition coefficient (Wildman–Crippen LogP) is 2.28. The van der Waals surface area contributed by atoms with Gasteiger partial charge in [0.25, 0.3) is 0 Å². The smallest absolute Gasteiger partial charge is 0.207 e. The van der Waals surface area contributed by atoms with Gasteiger partial charge in [-0.1, -0.05) is 12.1 Å². The van der Waals surface area contributed by atoms with Crippen LogP contribution in [0.1, 0.15) is 32.4 Å². The topological polar surface area (TPSA) is 38.3 Å². The van der Waals surface area contributed by atoms with E-state index in [2.05, 4.69) is 5.32 Å². The third-order valence-electron chi connectivity index (χ3n) is 2.07. The van der Waals surface area contributed by atoms with Crippen molar-refractivity contribution in [3.8, 4) is 5.75 Å². The molecule has 0 bridgehead atoms. The highest BCUT2D eigenvalue weighted by Gasteiger charge is 2.03. The van der Waals surface area contributed by atoms with Gasteiger partial charge in [-0.15, -0.1) is 0 Å². The van der Waals surface area contributed by atoms with Crippen molar-refractivity contribution in [1.29, 1.82) is 0 Å². The zero-order chi connectivity index (χ0) is 11.3. The summed E-state index contributed by atoms with van der Waals surface area (Å²) in [4.78, 5) is 10.3. The van der Waals surface area contributed by atoms with Crippen LogP contribution in [0, 0.1) is 0 Å². The summed E-state index contributed by atoms with van der Waals surface area (Å²) < 4.78 is 5.52. The zero-order valence-corrected chi connectivity index (χ0v) is 9.36. The maximum atomic E-state index is 10.3. The van der Waals surface area contributed by atoms with E-state index in [0.29, 0.717) is 6.41 Å². The molecule has 1 N–H and O–H groups in total. The molecule has 0 saturated carbocycles. The van der Waals surface area contributed by atoms with E-state index in [1.807, 2.05) is 45.0 Å². The van der Waals surface area contributed by atoms with Crippen LogP contribution in [-0.2, 0) is 4.79 Å². The van der Waals surface area contributed by atoms with Gasteiger partial charge in [-0.2, -0.15) is 0 Å². The van der Waals surface area contributed by atoms with Crippen molar-refractivity contribution in [3.05, 3.63) is 29.8 Å². The number of nitrogens with one attached hydrogen (secondary N) is 1. The number of benzene rings is 1. The van der Waals surface area contributed by atoms with Gasteiger partial charge < -0.3 is 10.1 Å². The summed E-state index contributed by atoms with van der Waals surface area (Å²) in [7, 11) is 0. The second kappa shape index (κ2) is 5.39. The van der Waals surface area contributed by atoms with Crippen LogP contribution in [0.4, 0.5) is 0 Å². The molecule has 0 fully saturated rings. The minimum absolute atomic E-state index is 0.0376. The van der Waals surface area contributed by atoms with Crippen molar-refractivity contribution in [2.75, 3.05) is 0 Å². The first-order valence-electron chi connectivity index (χ1n) is 5.09. The third kappa shape index (κ3) is 3.62. The van der Waals surface area contributed by atoms with Gasteiger partial charge in [-0.25, -0.2) is 0 Å². The second-order valence-electron chi connectivity index (χ2n) is 3.74. The molecule has 1 unspecified atom stereocenters. The zero-order valence-electron chi connectivity index (χ0n) is 9.36. The Balaban J connectivity index is 2.67. The largest absolute Gasteiger partial charge is 0.491 e. The van der Waals surface area contributed by atoms with Crippen molar-refractivity contribution in [2.45, 2.75) is 32.9 Å². The summed E-state index contributed by atoms with van der Waals surface area (Å²) in [6.45, 7) is 5.92. The number of carbonyl (C=O) groups is 1. The molecule has 15 heavy (non-hydrogen) atoms. The Morgan fingerprint density at radius 2 is 1.80 bits per heavy atom. The summed E-state index contributed by atoms with van der Waals surface area (Å²) in [5, 5.41) is 2.70. The van der Waals surface area contributed by atoms with E-state index in [1.165, 1.54) is 0 Å². The molecule has 0 radical (unpaired) electrons. The van der Waals surface area contributed by atoms with Crippen molar-refractivity contribution in [3.63, 3.8) is 0 Å². The molecule has 0 aliphatic carbocycles. The van der Waals surface area contributed by atoms with Crippen LogP contribution in [0.2, 0.25) is 0 Å². The SMILES string of the molecule is CC(C)Oc1ccc(C(C)NC=O)cc1. The maximum absolute atomic E-state index is 10.3. The van der Waals surface area contributed by atoms with Gasteiger partial charge >= 0.3 is 0 Å². The van der Waals surface area contributed by atoms with Crippen LogP contribution in [0.5, 0.6) is 5.75 Å². The fraction of sp³-hybridized carbons (Fsp3) is 0.417. The molecular weight excluding hydrogens is 190 g/mol. The fourth-order valence-electron chi connectivity index (χ4n) is 1.31. The number of hydrogen-bond acceptors (Lipinski definition) is 2. The fourth-order valence-corrected chi connectivity index (χ4v) is 1.31. The van der Waals surface area contributed by atoms with E-state index < -0.39 is 0 Å². The number of amides is 1. The molecule has 0 saturated heterocycles. The molecule has 0 aromatic heterocycles. The average molecular weight is 207 g/mol. The van der Waals surface area contributed by atoms with Gasteiger partial charge in [0.2, 0.25) is 6.41 Å². The highest BCUT2D eigenvalue weighted by molar-refractivity contribution is 5.47. The highest BCUT2D eigenvalue weighted by atomic mass is 16.5. The van der Waals surface area contributed by atoms with Crippen molar-refractivity contribution in [2.24, 2.45) is 0 Å². The molecule has 0 spiro atoms. The number of rotatable bonds is 5. The summed E-state index contributed by atoms with van der Waals surface area (Å²) in [5.41, 5.74) is 1.07. The van der Waals surface area contributed by atoms with Crippen LogP contribution in [0.25, 0.3) is 0 Å². The lowest BCUT2D eigenvalue weighted by Gasteiger charge is -2.13. The molecule has 3 heteroatoms. The predicted molar refractivity (Wildman–Crippen MR) is 59.8 cm³/mol. The summed E-state index contributed by atoms with van der Waals surface area (Å²) >= 11 is 0. The molecule has 1 aromatic rings. The van der Waals surface area contributed by atoms with Crippen LogP contribution >= 0.6 is 0 Å². The Morgan fingerprint density at radius 3 is 2.27 bits per heavy atom. The minimum atomic E-state index is 0.0376.